The smallest absolute Gasteiger partial charge is 0.330 e. The lowest BCUT2D eigenvalue weighted by Gasteiger charge is -2.06. The second kappa shape index (κ2) is 5.12. The monoisotopic (exact) mass is 231 g/mol. The van der Waals surface area contributed by atoms with E-state index >= 15 is 0 Å². The Bertz CT molecular complexity index is 356. The molecule has 0 amide bonds. The van der Waals surface area contributed by atoms with Gasteiger partial charge in [-0.2, -0.15) is 13.2 Å². The van der Waals surface area contributed by atoms with Crippen LogP contribution in [0.4, 0.5) is 13.2 Å². The molecule has 0 radical (unpaired) electrons. The average Bonchev–Trinajstić information content (AvgIpc) is 2.25. The molecule has 1 aromatic carbocycles. The third-order valence-electron chi connectivity index (χ3n) is 2.14. The Labute approximate surface area is 91.3 Å². The fourth-order valence-electron chi connectivity index (χ4n) is 1.25. The van der Waals surface area contributed by atoms with E-state index in [1.165, 1.54) is 12.1 Å². The Balaban J connectivity index is 2.75. The van der Waals surface area contributed by atoms with Gasteiger partial charge in [-0.25, -0.2) is 0 Å². The van der Waals surface area contributed by atoms with Gasteiger partial charge in [0.2, 0.25) is 0 Å². The molecule has 2 N–H and O–H groups in total. The molecular formula is C11H12F3NO. The molecule has 0 unspecified atom stereocenters. The summed E-state index contributed by atoms with van der Waals surface area (Å²) in [4.78, 5) is 11.4. The fraction of sp³-hybridized carbons (Fsp3) is 0.364. The van der Waals surface area contributed by atoms with Crippen molar-refractivity contribution in [3.63, 3.8) is 0 Å². The van der Waals surface area contributed by atoms with E-state index in [9.17, 15) is 18.0 Å². The molecule has 0 aromatic heterocycles. The molecule has 0 aliphatic carbocycles. The molecule has 16 heavy (non-hydrogen) atoms. The van der Waals surface area contributed by atoms with Crippen molar-refractivity contribution in [2.75, 3.05) is 6.54 Å². The standard InChI is InChI=1S/C11H12F3NO/c12-11(13,14)9-5-3-8(4-6-9)10(16)2-1-7-15/h3-6H,1-2,7,15H2. The van der Waals surface area contributed by atoms with Crippen LogP contribution < -0.4 is 5.73 Å². The first-order chi connectivity index (χ1) is 7.45. The Morgan fingerprint density at radius 3 is 2.19 bits per heavy atom. The summed E-state index contributed by atoms with van der Waals surface area (Å²) in [7, 11) is 0. The maximum Gasteiger partial charge on any atom is 0.416 e. The number of alkyl halides is 3. The van der Waals surface area contributed by atoms with Gasteiger partial charge in [0, 0.05) is 12.0 Å². The summed E-state index contributed by atoms with van der Waals surface area (Å²) in [6.45, 7) is 0.395. The lowest BCUT2D eigenvalue weighted by atomic mass is 10.0. The molecule has 0 aliphatic heterocycles. The molecule has 2 nitrogen and oxygen atoms in total. The zero-order valence-corrected chi connectivity index (χ0v) is 8.55. The highest BCUT2D eigenvalue weighted by Gasteiger charge is 2.30. The minimum atomic E-state index is -4.36. The normalized spacial score (nSPS) is 11.5. The van der Waals surface area contributed by atoms with Crippen LogP contribution in [0.1, 0.15) is 28.8 Å². The first kappa shape index (κ1) is 12.7. The third kappa shape index (κ3) is 3.34. The van der Waals surface area contributed by atoms with E-state index < -0.39 is 11.7 Å². The lowest BCUT2D eigenvalue weighted by molar-refractivity contribution is -0.137. The fourth-order valence-corrected chi connectivity index (χ4v) is 1.25. The van der Waals surface area contributed by atoms with Gasteiger partial charge in [0.1, 0.15) is 0 Å². The van der Waals surface area contributed by atoms with Crippen molar-refractivity contribution in [1.82, 2.24) is 0 Å². The van der Waals surface area contributed by atoms with Crippen molar-refractivity contribution >= 4 is 5.78 Å². The molecule has 0 bridgehead atoms. The van der Waals surface area contributed by atoms with E-state index in [0.717, 1.165) is 12.1 Å². The van der Waals surface area contributed by atoms with Crippen LogP contribution in [0.5, 0.6) is 0 Å². The van der Waals surface area contributed by atoms with Crippen molar-refractivity contribution in [3.05, 3.63) is 35.4 Å². The summed E-state index contributed by atoms with van der Waals surface area (Å²) < 4.78 is 36.7. The molecule has 0 saturated carbocycles. The van der Waals surface area contributed by atoms with Gasteiger partial charge in [-0.1, -0.05) is 12.1 Å². The van der Waals surface area contributed by atoms with Crippen molar-refractivity contribution in [2.45, 2.75) is 19.0 Å². The van der Waals surface area contributed by atoms with Crippen LogP contribution in [0.15, 0.2) is 24.3 Å². The van der Waals surface area contributed by atoms with Gasteiger partial charge in [-0.15, -0.1) is 0 Å². The number of nitrogens with two attached hydrogens (primary N) is 1. The predicted octanol–water partition coefficient (Wildman–Crippen LogP) is 2.63. The second-order valence-corrected chi connectivity index (χ2v) is 3.39. The molecule has 0 spiro atoms. The quantitative estimate of drug-likeness (QED) is 0.809. The van der Waals surface area contributed by atoms with Gasteiger partial charge in [0.25, 0.3) is 0 Å². The highest BCUT2D eigenvalue weighted by molar-refractivity contribution is 5.96. The Morgan fingerprint density at radius 2 is 1.75 bits per heavy atom. The molecular weight excluding hydrogens is 219 g/mol. The van der Waals surface area contributed by atoms with Gasteiger partial charge >= 0.3 is 6.18 Å². The highest BCUT2D eigenvalue weighted by Crippen LogP contribution is 2.29. The molecule has 0 heterocycles. The van der Waals surface area contributed by atoms with Crippen molar-refractivity contribution < 1.29 is 18.0 Å². The highest BCUT2D eigenvalue weighted by atomic mass is 19.4. The van der Waals surface area contributed by atoms with Gasteiger partial charge in [-0.05, 0) is 25.1 Å². The molecule has 0 saturated heterocycles. The number of Topliss-reactive ketones (excluding diaryl/α,β-unsaturated/α-hetero) is 1. The molecule has 88 valence electrons. The lowest BCUT2D eigenvalue weighted by Crippen LogP contribution is -2.07. The topological polar surface area (TPSA) is 43.1 Å². The van der Waals surface area contributed by atoms with Crippen LogP contribution in [0.2, 0.25) is 0 Å². The third-order valence-corrected chi connectivity index (χ3v) is 2.14. The van der Waals surface area contributed by atoms with E-state index in [0.29, 0.717) is 18.5 Å². The second-order valence-electron chi connectivity index (χ2n) is 3.39. The van der Waals surface area contributed by atoms with E-state index in [4.69, 9.17) is 5.73 Å². The van der Waals surface area contributed by atoms with E-state index in [2.05, 4.69) is 0 Å². The molecule has 0 aliphatic rings. The van der Waals surface area contributed by atoms with Crippen LogP contribution in [0.25, 0.3) is 0 Å². The Hall–Kier alpha value is -1.36. The minimum absolute atomic E-state index is 0.181. The van der Waals surface area contributed by atoms with Gasteiger partial charge in [0.15, 0.2) is 5.78 Å². The van der Waals surface area contributed by atoms with Gasteiger partial charge in [-0.3, -0.25) is 4.79 Å². The first-order valence-electron chi connectivity index (χ1n) is 4.85. The van der Waals surface area contributed by atoms with Crippen LogP contribution >= 0.6 is 0 Å². The van der Waals surface area contributed by atoms with Crippen molar-refractivity contribution in [1.29, 1.82) is 0 Å². The molecule has 0 fully saturated rings. The maximum atomic E-state index is 12.2. The van der Waals surface area contributed by atoms with Gasteiger partial charge < -0.3 is 5.73 Å². The van der Waals surface area contributed by atoms with E-state index in [1.54, 1.807) is 0 Å². The summed E-state index contributed by atoms with van der Waals surface area (Å²) in [5, 5.41) is 0. The molecule has 1 rings (SSSR count). The number of benzene rings is 1. The van der Waals surface area contributed by atoms with Crippen LogP contribution in [-0.2, 0) is 6.18 Å². The summed E-state index contributed by atoms with van der Waals surface area (Å²) in [5.41, 5.74) is 4.78. The number of halogens is 3. The summed E-state index contributed by atoms with van der Waals surface area (Å²) in [6, 6.07) is 4.22. The van der Waals surface area contributed by atoms with E-state index in [-0.39, 0.29) is 12.2 Å². The van der Waals surface area contributed by atoms with Crippen LogP contribution in [0.3, 0.4) is 0 Å². The number of hydrogen-bond acceptors (Lipinski definition) is 2. The number of rotatable bonds is 4. The predicted molar refractivity (Wildman–Crippen MR) is 54.1 cm³/mol. The largest absolute Gasteiger partial charge is 0.416 e. The Kier molecular flexibility index (Phi) is 4.06. The summed E-state index contributed by atoms with van der Waals surface area (Å²) >= 11 is 0. The summed E-state index contributed by atoms with van der Waals surface area (Å²) in [6.07, 6.45) is -3.56. The minimum Gasteiger partial charge on any atom is -0.330 e. The maximum absolute atomic E-state index is 12.2. The average molecular weight is 231 g/mol. The number of carbonyl (C=O) groups is 1. The van der Waals surface area contributed by atoms with Crippen molar-refractivity contribution in [3.8, 4) is 0 Å². The Morgan fingerprint density at radius 1 is 1.19 bits per heavy atom. The molecule has 5 heteroatoms. The molecule has 0 atom stereocenters. The molecule has 1 aromatic rings. The summed E-state index contributed by atoms with van der Waals surface area (Å²) in [5.74, 6) is -0.181. The van der Waals surface area contributed by atoms with Crippen LogP contribution in [-0.4, -0.2) is 12.3 Å². The van der Waals surface area contributed by atoms with Crippen LogP contribution in [0, 0.1) is 0 Å². The van der Waals surface area contributed by atoms with E-state index in [1.807, 2.05) is 0 Å². The zero-order chi connectivity index (χ0) is 12.2. The van der Waals surface area contributed by atoms with Gasteiger partial charge in [0.05, 0.1) is 5.56 Å². The number of hydrogen-bond donors (Lipinski definition) is 1. The van der Waals surface area contributed by atoms with Crippen molar-refractivity contribution in [2.24, 2.45) is 5.73 Å². The SMILES string of the molecule is NCCCC(=O)c1ccc(C(F)(F)F)cc1. The first-order valence-corrected chi connectivity index (χ1v) is 4.85. The number of carbonyl (C=O) groups excluding carboxylic acids is 1. The number of ketones is 1. The zero-order valence-electron chi connectivity index (χ0n) is 8.55.